The average Bonchev–Trinajstić information content (AvgIpc) is 3.06. The van der Waals surface area contributed by atoms with Crippen molar-refractivity contribution >= 4 is 38.1 Å². The van der Waals surface area contributed by atoms with Crippen LogP contribution >= 0.6 is 22.9 Å². The summed E-state index contributed by atoms with van der Waals surface area (Å²) in [5.74, 6) is 0.0832. The molecule has 0 saturated heterocycles. The maximum atomic E-state index is 12.7. The van der Waals surface area contributed by atoms with Gasteiger partial charge in [0, 0.05) is 10.9 Å². The number of rotatable bonds is 6. The highest BCUT2D eigenvalue weighted by molar-refractivity contribution is 7.93. The summed E-state index contributed by atoms with van der Waals surface area (Å²) in [7, 11) is -3.78. The maximum absolute atomic E-state index is 12.7. The number of hydrogen-bond acceptors (Lipinski definition) is 5. The van der Waals surface area contributed by atoms with Crippen LogP contribution in [0.1, 0.15) is 35.4 Å². The highest BCUT2D eigenvalue weighted by atomic mass is 35.5. The molecule has 0 bridgehead atoms. The van der Waals surface area contributed by atoms with Crippen LogP contribution in [0.2, 0.25) is 5.02 Å². The van der Waals surface area contributed by atoms with E-state index >= 15 is 0 Å². The van der Waals surface area contributed by atoms with Gasteiger partial charge < -0.3 is 0 Å². The van der Waals surface area contributed by atoms with Crippen LogP contribution in [0, 0.1) is 6.92 Å². The van der Waals surface area contributed by atoms with Gasteiger partial charge in [-0.05, 0) is 36.6 Å². The molecule has 0 spiro atoms. The van der Waals surface area contributed by atoms with E-state index in [-0.39, 0.29) is 15.9 Å². The second kappa shape index (κ2) is 7.73. The van der Waals surface area contributed by atoms with Crippen molar-refractivity contribution < 1.29 is 8.42 Å². The monoisotopic (exact) mass is 407 g/mol. The molecule has 136 valence electrons. The highest BCUT2D eigenvalue weighted by Crippen LogP contribution is 2.32. The fourth-order valence-corrected chi connectivity index (χ4v) is 5.39. The lowest BCUT2D eigenvalue weighted by Gasteiger charge is -2.11. The average molecular weight is 408 g/mol. The molecule has 3 rings (SSSR count). The molecule has 0 radical (unpaired) electrons. The Hall–Kier alpha value is -1.96. The SMILES string of the molecule is CC[C@H](c1ccccc1)c1nnc(NS(=O)(=O)c2cccc(Cl)c2C)s1. The van der Waals surface area contributed by atoms with Crippen molar-refractivity contribution in [1.29, 1.82) is 0 Å². The zero-order valence-corrected chi connectivity index (χ0v) is 16.7. The molecule has 5 nitrogen and oxygen atoms in total. The molecule has 0 fully saturated rings. The predicted molar refractivity (Wildman–Crippen MR) is 105 cm³/mol. The first kappa shape index (κ1) is 18.8. The molecule has 1 heterocycles. The summed E-state index contributed by atoms with van der Waals surface area (Å²) in [5.41, 5.74) is 1.63. The first-order chi connectivity index (χ1) is 12.4. The summed E-state index contributed by atoms with van der Waals surface area (Å²) in [6.07, 6.45) is 0.846. The van der Waals surface area contributed by atoms with E-state index in [0.717, 1.165) is 17.0 Å². The second-order valence-electron chi connectivity index (χ2n) is 5.79. The number of benzene rings is 2. The lowest BCUT2D eigenvalue weighted by atomic mass is 9.97. The van der Waals surface area contributed by atoms with Gasteiger partial charge in [-0.25, -0.2) is 8.42 Å². The van der Waals surface area contributed by atoms with Gasteiger partial charge in [0.05, 0.1) is 4.90 Å². The summed E-state index contributed by atoms with van der Waals surface area (Å²) in [6.45, 7) is 3.74. The van der Waals surface area contributed by atoms with Crippen LogP contribution in [0.4, 0.5) is 5.13 Å². The van der Waals surface area contributed by atoms with E-state index in [9.17, 15) is 8.42 Å². The standard InChI is InChI=1S/C18H18ClN3O2S2/c1-3-14(13-8-5-4-6-9-13)17-20-21-18(25-17)22-26(23,24)16-11-7-10-15(19)12(16)2/h4-11,14H,3H2,1-2H3,(H,21,22)/t14-/m1/s1. The fraction of sp³-hybridized carbons (Fsp3) is 0.222. The minimum absolute atomic E-state index is 0.0832. The van der Waals surface area contributed by atoms with Crippen LogP contribution in [-0.2, 0) is 10.0 Å². The lowest BCUT2D eigenvalue weighted by Crippen LogP contribution is -2.14. The fourth-order valence-electron chi connectivity index (χ4n) is 2.70. The van der Waals surface area contributed by atoms with Gasteiger partial charge in [0.2, 0.25) is 5.13 Å². The molecule has 0 unspecified atom stereocenters. The number of hydrogen-bond donors (Lipinski definition) is 1. The zero-order chi connectivity index (χ0) is 18.7. The number of anilines is 1. The lowest BCUT2D eigenvalue weighted by molar-refractivity contribution is 0.600. The summed E-state index contributed by atoms with van der Waals surface area (Å²) in [4.78, 5) is 0.136. The van der Waals surface area contributed by atoms with Crippen molar-refractivity contribution in [3.05, 3.63) is 69.7 Å². The molecule has 26 heavy (non-hydrogen) atoms. The third-order valence-electron chi connectivity index (χ3n) is 4.08. The zero-order valence-electron chi connectivity index (χ0n) is 14.3. The van der Waals surface area contributed by atoms with Crippen molar-refractivity contribution in [2.75, 3.05) is 4.72 Å². The van der Waals surface area contributed by atoms with Crippen LogP contribution in [0.3, 0.4) is 0 Å². The van der Waals surface area contributed by atoms with Crippen LogP contribution in [0.15, 0.2) is 53.4 Å². The molecule has 3 aromatic rings. The van der Waals surface area contributed by atoms with Crippen LogP contribution in [-0.4, -0.2) is 18.6 Å². The Balaban J connectivity index is 1.87. The van der Waals surface area contributed by atoms with Gasteiger partial charge in [-0.3, -0.25) is 4.72 Å². The molecule has 0 aliphatic carbocycles. The Morgan fingerprint density at radius 1 is 1.12 bits per heavy atom. The van der Waals surface area contributed by atoms with Gasteiger partial charge in [-0.2, -0.15) is 0 Å². The van der Waals surface area contributed by atoms with E-state index in [1.807, 2.05) is 30.3 Å². The van der Waals surface area contributed by atoms with Crippen LogP contribution in [0.5, 0.6) is 0 Å². The first-order valence-corrected chi connectivity index (χ1v) is 10.8. The van der Waals surface area contributed by atoms with E-state index in [4.69, 9.17) is 11.6 Å². The molecule has 0 saturated carbocycles. The van der Waals surface area contributed by atoms with Gasteiger partial charge in [0.15, 0.2) is 0 Å². The summed E-state index contributed by atoms with van der Waals surface area (Å²) >= 11 is 7.28. The minimum Gasteiger partial charge on any atom is -0.253 e. The molecule has 1 atom stereocenters. The molecule has 1 aromatic heterocycles. The molecule has 1 N–H and O–H groups in total. The summed E-state index contributed by atoms with van der Waals surface area (Å²) in [6, 6.07) is 14.8. The number of nitrogens with one attached hydrogen (secondary N) is 1. The maximum Gasteiger partial charge on any atom is 0.264 e. The first-order valence-electron chi connectivity index (χ1n) is 8.08. The number of nitrogens with zero attached hydrogens (tertiary/aromatic N) is 2. The third-order valence-corrected chi connectivity index (χ3v) is 7.05. The van der Waals surface area contributed by atoms with E-state index in [2.05, 4.69) is 21.8 Å². The third kappa shape index (κ3) is 3.90. The second-order valence-corrected chi connectivity index (χ2v) is 8.85. The van der Waals surface area contributed by atoms with Crippen molar-refractivity contribution in [2.45, 2.75) is 31.1 Å². The van der Waals surface area contributed by atoms with Crippen molar-refractivity contribution in [3.63, 3.8) is 0 Å². The van der Waals surface area contributed by atoms with Gasteiger partial charge in [0.25, 0.3) is 10.0 Å². The normalized spacial score (nSPS) is 12.7. The largest absolute Gasteiger partial charge is 0.264 e. The number of aromatic nitrogens is 2. The Morgan fingerprint density at radius 2 is 1.85 bits per heavy atom. The van der Waals surface area contributed by atoms with Crippen molar-refractivity contribution in [1.82, 2.24) is 10.2 Å². The molecule has 8 heteroatoms. The van der Waals surface area contributed by atoms with E-state index < -0.39 is 10.0 Å². The summed E-state index contributed by atoms with van der Waals surface area (Å²) in [5, 5.41) is 9.64. The van der Waals surface area contributed by atoms with E-state index in [1.165, 1.54) is 17.4 Å². The number of halogens is 1. The topological polar surface area (TPSA) is 72.0 Å². The molecular formula is C18H18ClN3O2S2. The van der Waals surface area contributed by atoms with E-state index in [0.29, 0.717) is 10.6 Å². The molecule has 2 aromatic carbocycles. The smallest absolute Gasteiger partial charge is 0.253 e. The Labute approximate surface area is 162 Å². The van der Waals surface area contributed by atoms with Gasteiger partial charge >= 0.3 is 0 Å². The minimum atomic E-state index is -3.78. The Bertz CT molecular complexity index is 1000. The Kier molecular flexibility index (Phi) is 5.60. The number of sulfonamides is 1. The van der Waals surface area contributed by atoms with Crippen LogP contribution in [0.25, 0.3) is 0 Å². The van der Waals surface area contributed by atoms with Gasteiger partial charge in [-0.1, -0.05) is 66.3 Å². The predicted octanol–water partition coefficient (Wildman–Crippen LogP) is 4.84. The van der Waals surface area contributed by atoms with Crippen LogP contribution < -0.4 is 4.72 Å². The van der Waals surface area contributed by atoms with Gasteiger partial charge in [0.1, 0.15) is 5.01 Å². The molecule has 0 amide bonds. The quantitative estimate of drug-likeness (QED) is 0.634. The van der Waals surface area contributed by atoms with E-state index in [1.54, 1.807) is 19.1 Å². The molecule has 0 aliphatic rings. The van der Waals surface area contributed by atoms with Crippen molar-refractivity contribution in [2.24, 2.45) is 0 Å². The molecular weight excluding hydrogens is 390 g/mol. The highest BCUT2D eigenvalue weighted by Gasteiger charge is 2.22. The Morgan fingerprint density at radius 3 is 2.54 bits per heavy atom. The molecule has 0 aliphatic heterocycles. The van der Waals surface area contributed by atoms with Gasteiger partial charge in [-0.15, -0.1) is 10.2 Å². The van der Waals surface area contributed by atoms with Crippen molar-refractivity contribution in [3.8, 4) is 0 Å². The summed E-state index contributed by atoms with van der Waals surface area (Å²) < 4.78 is 27.8.